The lowest BCUT2D eigenvalue weighted by Crippen LogP contribution is -2.33. The highest BCUT2D eigenvalue weighted by atomic mass is 32.2. The number of carbonyl (C=O) groups excluding carboxylic acids is 1. The van der Waals surface area contributed by atoms with E-state index in [0.717, 1.165) is 66.9 Å². The number of aryl methyl sites for hydroxylation is 2. The van der Waals surface area contributed by atoms with Crippen LogP contribution in [-0.2, 0) is 17.6 Å². The fourth-order valence-corrected chi connectivity index (χ4v) is 6.36. The summed E-state index contributed by atoms with van der Waals surface area (Å²) < 4.78 is 1.81. The summed E-state index contributed by atoms with van der Waals surface area (Å²) in [5.74, 6) is -1.12. The molecule has 0 amide bonds. The number of aromatic nitrogens is 2. The molecular formula is C19H23N2O3S2-. The van der Waals surface area contributed by atoms with E-state index < -0.39 is 11.2 Å². The number of carboxylic acids is 1. The van der Waals surface area contributed by atoms with Gasteiger partial charge in [-0.25, -0.2) is 4.98 Å². The molecule has 26 heavy (non-hydrogen) atoms. The number of aliphatic carboxylic acids is 1. The molecular weight excluding hydrogens is 368 g/mol. The van der Waals surface area contributed by atoms with Gasteiger partial charge in [0.15, 0.2) is 5.16 Å². The molecule has 2 heterocycles. The molecule has 140 valence electrons. The van der Waals surface area contributed by atoms with E-state index in [9.17, 15) is 14.7 Å². The first-order chi connectivity index (χ1) is 12.6. The first-order valence-electron chi connectivity index (χ1n) is 9.50. The number of fused-ring (bicyclic) bond motifs is 3. The SMILES string of the molecule is C[C@H](Sc1nc2sc3c(c2c(=O)n1C1CCCCC1)CCCC3)C(=O)[O-]. The van der Waals surface area contributed by atoms with Crippen molar-refractivity contribution in [1.29, 1.82) is 0 Å². The fourth-order valence-electron chi connectivity index (χ4n) is 4.15. The quantitative estimate of drug-likeness (QED) is 0.591. The maximum absolute atomic E-state index is 13.5. The van der Waals surface area contributed by atoms with Crippen LogP contribution in [0.4, 0.5) is 0 Å². The highest BCUT2D eigenvalue weighted by molar-refractivity contribution is 8.00. The van der Waals surface area contributed by atoms with Crippen LogP contribution in [0.1, 0.15) is 68.4 Å². The van der Waals surface area contributed by atoms with Crippen molar-refractivity contribution >= 4 is 39.3 Å². The smallest absolute Gasteiger partial charge is 0.263 e. The normalized spacial score (nSPS) is 19.4. The molecule has 2 aliphatic carbocycles. The Balaban J connectivity index is 1.89. The number of rotatable bonds is 4. The van der Waals surface area contributed by atoms with E-state index in [4.69, 9.17) is 4.98 Å². The third kappa shape index (κ3) is 3.20. The van der Waals surface area contributed by atoms with Crippen LogP contribution in [0.25, 0.3) is 10.2 Å². The molecule has 5 nitrogen and oxygen atoms in total. The van der Waals surface area contributed by atoms with E-state index in [1.54, 1.807) is 18.3 Å². The standard InChI is InChI=1S/C19H24N2O3S2/c1-11(18(23)24)25-19-20-16-15(13-9-5-6-10-14(13)26-16)17(22)21(19)12-7-3-2-4-8-12/h11-12H,2-10H2,1H3,(H,23,24)/p-1/t11-/m0/s1. The van der Waals surface area contributed by atoms with Gasteiger partial charge in [-0.05, 0) is 51.0 Å². The minimum absolute atomic E-state index is 0.0364. The Morgan fingerprint density at radius 1 is 1.23 bits per heavy atom. The lowest BCUT2D eigenvalue weighted by atomic mass is 9.94. The zero-order chi connectivity index (χ0) is 18.3. The minimum atomic E-state index is -1.12. The Hall–Kier alpha value is -1.34. The van der Waals surface area contributed by atoms with E-state index >= 15 is 0 Å². The molecule has 0 spiro atoms. The van der Waals surface area contributed by atoms with Crippen LogP contribution < -0.4 is 10.7 Å². The molecule has 4 rings (SSSR count). The van der Waals surface area contributed by atoms with E-state index in [0.29, 0.717) is 5.16 Å². The average molecular weight is 392 g/mol. The number of hydrogen-bond donors (Lipinski definition) is 0. The van der Waals surface area contributed by atoms with Crippen LogP contribution >= 0.6 is 23.1 Å². The Kier molecular flexibility index (Phi) is 5.10. The molecule has 2 aromatic rings. The second-order valence-electron chi connectivity index (χ2n) is 7.33. The summed E-state index contributed by atoms with van der Waals surface area (Å²) in [6.07, 6.45) is 9.62. The van der Waals surface area contributed by atoms with Gasteiger partial charge in [-0.15, -0.1) is 11.3 Å². The average Bonchev–Trinajstić information content (AvgIpc) is 3.01. The van der Waals surface area contributed by atoms with Gasteiger partial charge in [0.2, 0.25) is 0 Å². The molecule has 1 atom stereocenters. The van der Waals surface area contributed by atoms with Gasteiger partial charge >= 0.3 is 0 Å². The molecule has 1 saturated carbocycles. The summed E-state index contributed by atoms with van der Waals surface area (Å²) in [6.45, 7) is 1.60. The summed E-state index contributed by atoms with van der Waals surface area (Å²) in [5.41, 5.74) is 1.23. The fraction of sp³-hybridized carbons (Fsp3) is 0.632. The third-order valence-corrected chi connectivity index (χ3v) is 7.77. The minimum Gasteiger partial charge on any atom is -0.549 e. The van der Waals surface area contributed by atoms with Crippen molar-refractivity contribution in [1.82, 2.24) is 9.55 Å². The first-order valence-corrected chi connectivity index (χ1v) is 11.2. The number of carboxylic acid groups (broad SMARTS) is 1. The number of carbonyl (C=O) groups is 1. The summed E-state index contributed by atoms with van der Waals surface area (Å²) in [6, 6.07) is 0.128. The van der Waals surface area contributed by atoms with Gasteiger partial charge in [0.05, 0.1) is 11.4 Å². The molecule has 1 fully saturated rings. The van der Waals surface area contributed by atoms with Crippen LogP contribution in [0, 0.1) is 0 Å². The largest absolute Gasteiger partial charge is 0.549 e. The van der Waals surface area contributed by atoms with E-state index in [-0.39, 0.29) is 11.6 Å². The van der Waals surface area contributed by atoms with Gasteiger partial charge < -0.3 is 9.90 Å². The Morgan fingerprint density at radius 3 is 2.69 bits per heavy atom. The first kappa shape index (κ1) is 18.0. The van der Waals surface area contributed by atoms with Crippen LogP contribution in [-0.4, -0.2) is 20.8 Å². The van der Waals surface area contributed by atoms with Crippen molar-refractivity contribution in [3.63, 3.8) is 0 Å². The monoisotopic (exact) mass is 391 g/mol. The number of thiophene rings is 1. The summed E-state index contributed by atoms with van der Waals surface area (Å²) >= 11 is 2.76. The van der Waals surface area contributed by atoms with Crippen molar-refractivity contribution in [3.8, 4) is 0 Å². The second kappa shape index (κ2) is 7.35. The van der Waals surface area contributed by atoms with Gasteiger partial charge in [-0.2, -0.15) is 0 Å². The molecule has 2 aliphatic rings. The lowest BCUT2D eigenvalue weighted by Gasteiger charge is -2.27. The molecule has 0 saturated heterocycles. The van der Waals surface area contributed by atoms with Crippen molar-refractivity contribution < 1.29 is 9.90 Å². The Morgan fingerprint density at radius 2 is 1.96 bits per heavy atom. The van der Waals surface area contributed by atoms with E-state index in [1.165, 1.54) is 23.3 Å². The maximum Gasteiger partial charge on any atom is 0.263 e. The maximum atomic E-state index is 13.5. The summed E-state index contributed by atoms with van der Waals surface area (Å²) in [7, 11) is 0. The summed E-state index contributed by atoms with van der Waals surface area (Å²) in [4.78, 5) is 31.6. The molecule has 0 N–H and O–H groups in total. The third-order valence-electron chi connectivity index (χ3n) is 5.54. The van der Waals surface area contributed by atoms with Crippen molar-refractivity contribution in [3.05, 3.63) is 20.8 Å². The van der Waals surface area contributed by atoms with Crippen LogP contribution in [0.3, 0.4) is 0 Å². The predicted octanol–water partition coefficient (Wildman–Crippen LogP) is 3.07. The number of thioether (sulfide) groups is 1. The molecule has 0 aliphatic heterocycles. The number of nitrogens with zero attached hydrogens (tertiary/aromatic N) is 2. The van der Waals surface area contributed by atoms with Crippen molar-refractivity contribution in [2.45, 2.75) is 81.2 Å². The van der Waals surface area contributed by atoms with Gasteiger partial charge in [-0.1, -0.05) is 31.0 Å². The molecule has 2 aromatic heterocycles. The zero-order valence-electron chi connectivity index (χ0n) is 15.0. The van der Waals surface area contributed by atoms with Crippen LogP contribution in [0.2, 0.25) is 0 Å². The highest BCUT2D eigenvalue weighted by Gasteiger charge is 2.27. The van der Waals surface area contributed by atoms with Gasteiger partial charge in [0.1, 0.15) is 4.83 Å². The number of hydrogen-bond acceptors (Lipinski definition) is 6. The van der Waals surface area contributed by atoms with Gasteiger partial charge in [0.25, 0.3) is 5.56 Å². The lowest BCUT2D eigenvalue weighted by molar-refractivity contribution is -0.304. The topological polar surface area (TPSA) is 75.0 Å². The van der Waals surface area contributed by atoms with Crippen LogP contribution in [0.15, 0.2) is 9.95 Å². The zero-order valence-corrected chi connectivity index (χ0v) is 16.6. The molecule has 0 aromatic carbocycles. The molecule has 0 unspecified atom stereocenters. The van der Waals surface area contributed by atoms with Gasteiger partial charge in [0, 0.05) is 16.2 Å². The van der Waals surface area contributed by atoms with Gasteiger partial charge in [-0.3, -0.25) is 9.36 Å². The van der Waals surface area contributed by atoms with E-state index in [1.807, 2.05) is 4.57 Å². The van der Waals surface area contributed by atoms with Crippen LogP contribution in [0.5, 0.6) is 0 Å². The predicted molar refractivity (Wildman–Crippen MR) is 103 cm³/mol. The summed E-state index contributed by atoms with van der Waals surface area (Å²) in [5, 5.41) is 11.9. The van der Waals surface area contributed by atoms with E-state index in [2.05, 4.69) is 0 Å². The molecule has 7 heteroatoms. The van der Waals surface area contributed by atoms with Crippen molar-refractivity contribution in [2.24, 2.45) is 0 Å². The second-order valence-corrected chi connectivity index (χ2v) is 9.72. The Labute approximate surface area is 160 Å². The van der Waals surface area contributed by atoms with Crippen molar-refractivity contribution in [2.75, 3.05) is 0 Å². The molecule has 0 bridgehead atoms. The Bertz CT molecular complexity index is 896. The molecule has 0 radical (unpaired) electrons. The highest BCUT2D eigenvalue weighted by Crippen LogP contribution is 2.37.